The molecule has 1 aliphatic heterocycles. The number of allylic oxidation sites excluding steroid dienone is 3. The number of nitrogens with one attached hydrogen (secondary N) is 1. The number of benzene rings is 1. The summed E-state index contributed by atoms with van der Waals surface area (Å²) in [5, 5.41) is 5.19. The third-order valence-electron chi connectivity index (χ3n) is 6.09. The second-order valence-electron chi connectivity index (χ2n) is 8.28. The fraction of sp³-hybridized carbons (Fsp3) is 0.360. The molecule has 180 valence electrons. The third-order valence-corrected chi connectivity index (χ3v) is 7.12. The number of thiophene rings is 1. The molecule has 4 rings (SSSR count). The standard InChI is InChI=1S/C25H24F3NO4S/c1-14-21(24(31)33-10-9-32-2)22(15-5-7-17(8-6-15)25(26,27)28)23-18(29-14)12-16(13-19(23)30)20-4-3-11-34-20/h3-8,11,16,22,29H,9-10,12-13H2,1-2H3/t16-,22-/m1/s1. The van der Waals surface area contributed by atoms with Crippen LogP contribution in [0.25, 0.3) is 0 Å². The van der Waals surface area contributed by atoms with Gasteiger partial charge < -0.3 is 14.8 Å². The van der Waals surface area contributed by atoms with Crippen LogP contribution in [0, 0.1) is 0 Å². The Kier molecular flexibility index (Phi) is 6.95. The maximum absolute atomic E-state index is 13.4. The molecule has 2 atom stereocenters. The molecule has 1 aromatic carbocycles. The van der Waals surface area contributed by atoms with Gasteiger partial charge in [-0.2, -0.15) is 13.2 Å². The molecule has 2 heterocycles. The van der Waals surface area contributed by atoms with Crippen molar-refractivity contribution in [1.82, 2.24) is 5.32 Å². The van der Waals surface area contributed by atoms with Gasteiger partial charge >= 0.3 is 12.1 Å². The Morgan fingerprint density at radius 1 is 1.15 bits per heavy atom. The van der Waals surface area contributed by atoms with E-state index in [9.17, 15) is 22.8 Å². The van der Waals surface area contributed by atoms with Gasteiger partial charge in [0.15, 0.2) is 5.78 Å². The van der Waals surface area contributed by atoms with Crippen LogP contribution in [0.4, 0.5) is 13.2 Å². The minimum atomic E-state index is -4.49. The minimum absolute atomic E-state index is 0.00927. The molecule has 1 aliphatic carbocycles. The normalized spacial score (nSPS) is 20.8. The molecule has 5 nitrogen and oxygen atoms in total. The summed E-state index contributed by atoms with van der Waals surface area (Å²) in [6.07, 6.45) is -3.65. The highest BCUT2D eigenvalue weighted by Gasteiger charge is 2.42. The monoisotopic (exact) mass is 491 g/mol. The number of esters is 1. The van der Waals surface area contributed by atoms with E-state index >= 15 is 0 Å². The zero-order valence-corrected chi connectivity index (χ0v) is 19.5. The summed E-state index contributed by atoms with van der Waals surface area (Å²) >= 11 is 1.58. The predicted molar refractivity (Wildman–Crippen MR) is 121 cm³/mol. The second-order valence-corrected chi connectivity index (χ2v) is 9.26. The number of ketones is 1. The van der Waals surface area contributed by atoms with E-state index in [0.717, 1.165) is 17.0 Å². The van der Waals surface area contributed by atoms with Gasteiger partial charge in [0.05, 0.1) is 17.7 Å². The van der Waals surface area contributed by atoms with E-state index in [1.54, 1.807) is 18.3 Å². The van der Waals surface area contributed by atoms with Crippen molar-refractivity contribution in [2.75, 3.05) is 20.3 Å². The maximum Gasteiger partial charge on any atom is 0.416 e. The number of ether oxygens (including phenoxy) is 2. The lowest BCUT2D eigenvalue weighted by atomic mass is 9.72. The van der Waals surface area contributed by atoms with Crippen LogP contribution in [0.3, 0.4) is 0 Å². The van der Waals surface area contributed by atoms with Crippen LogP contribution < -0.4 is 5.32 Å². The largest absolute Gasteiger partial charge is 0.460 e. The highest BCUT2D eigenvalue weighted by Crippen LogP contribution is 2.46. The number of halogens is 3. The molecule has 0 saturated carbocycles. The van der Waals surface area contributed by atoms with Gasteiger partial charge in [0.1, 0.15) is 6.61 Å². The first kappa shape index (κ1) is 24.2. The molecule has 0 spiro atoms. The minimum Gasteiger partial charge on any atom is -0.460 e. The van der Waals surface area contributed by atoms with E-state index in [4.69, 9.17) is 9.47 Å². The molecule has 34 heavy (non-hydrogen) atoms. The van der Waals surface area contributed by atoms with Crippen LogP contribution in [0.1, 0.15) is 47.6 Å². The van der Waals surface area contributed by atoms with Gasteiger partial charge in [-0.1, -0.05) is 18.2 Å². The molecule has 1 aromatic heterocycles. The van der Waals surface area contributed by atoms with Gasteiger partial charge in [-0.25, -0.2) is 4.79 Å². The summed E-state index contributed by atoms with van der Waals surface area (Å²) < 4.78 is 49.7. The van der Waals surface area contributed by atoms with Crippen molar-refractivity contribution in [3.8, 4) is 0 Å². The van der Waals surface area contributed by atoms with Crippen molar-refractivity contribution in [3.05, 3.63) is 80.3 Å². The highest BCUT2D eigenvalue weighted by atomic mass is 32.1. The van der Waals surface area contributed by atoms with Crippen molar-refractivity contribution in [2.24, 2.45) is 0 Å². The highest BCUT2D eigenvalue weighted by molar-refractivity contribution is 7.10. The Balaban J connectivity index is 1.76. The Hall–Kier alpha value is -2.91. The number of alkyl halides is 3. The zero-order chi connectivity index (χ0) is 24.5. The average molecular weight is 492 g/mol. The van der Waals surface area contributed by atoms with Crippen molar-refractivity contribution in [3.63, 3.8) is 0 Å². The van der Waals surface area contributed by atoms with Gasteiger partial charge in [-0.15, -0.1) is 11.3 Å². The van der Waals surface area contributed by atoms with E-state index in [0.29, 0.717) is 29.0 Å². The molecular formula is C25H24F3NO4S. The number of hydrogen-bond acceptors (Lipinski definition) is 6. The lowest BCUT2D eigenvalue weighted by molar-refractivity contribution is -0.141. The smallest absolute Gasteiger partial charge is 0.416 e. The van der Waals surface area contributed by atoms with Crippen LogP contribution in [0.5, 0.6) is 0 Å². The first-order chi connectivity index (χ1) is 16.2. The number of carbonyl (C=O) groups is 2. The molecule has 0 amide bonds. The van der Waals surface area contributed by atoms with Crippen LogP contribution in [0.15, 0.2) is 64.3 Å². The van der Waals surface area contributed by atoms with Crippen LogP contribution in [0.2, 0.25) is 0 Å². The molecule has 0 fully saturated rings. The van der Waals surface area contributed by atoms with Gasteiger partial charge in [-0.05, 0) is 42.5 Å². The Labute approximate surface area is 199 Å². The molecule has 0 saturated heterocycles. The average Bonchev–Trinajstić information content (AvgIpc) is 3.32. The summed E-state index contributed by atoms with van der Waals surface area (Å²) in [6.45, 7) is 1.94. The maximum atomic E-state index is 13.4. The first-order valence-corrected chi connectivity index (χ1v) is 11.7. The van der Waals surface area contributed by atoms with Crippen molar-refractivity contribution < 1.29 is 32.2 Å². The lowest BCUT2D eigenvalue weighted by Crippen LogP contribution is -2.36. The summed E-state index contributed by atoms with van der Waals surface area (Å²) in [7, 11) is 1.48. The molecular weight excluding hydrogens is 467 g/mol. The summed E-state index contributed by atoms with van der Waals surface area (Å²) in [6, 6.07) is 8.54. The second kappa shape index (κ2) is 9.76. The number of methoxy groups -OCH3 is 1. The number of rotatable bonds is 6. The van der Waals surface area contributed by atoms with E-state index in [2.05, 4.69) is 5.32 Å². The zero-order valence-electron chi connectivity index (χ0n) is 18.7. The van der Waals surface area contributed by atoms with Gasteiger partial charge in [0, 0.05) is 47.2 Å². The predicted octanol–water partition coefficient (Wildman–Crippen LogP) is 5.32. The molecule has 0 radical (unpaired) electrons. The molecule has 9 heteroatoms. The molecule has 1 N–H and O–H groups in total. The van der Waals surface area contributed by atoms with Crippen molar-refractivity contribution in [2.45, 2.75) is 37.8 Å². The topological polar surface area (TPSA) is 64.6 Å². The van der Waals surface area contributed by atoms with E-state index in [1.165, 1.54) is 19.2 Å². The van der Waals surface area contributed by atoms with Gasteiger partial charge in [0.2, 0.25) is 0 Å². The van der Waals surface area contributed by atoms with E-state index in [-0.39, 0.29) is 36.9 Å². The van der Waals surface area contributed by atoms with Crippen molar-refractivity contribution in [1.29, 1.82) is 0 Å². The number of carbonyl (C=O) groups excluding carboxylic acids is 2. The van der Waals surface area contributed by atoms with Crippen LogP contribution in [-0.2, 0) is 25.2 Å². The Morgan fingerprint density at radius 3 is 2.50 bits per heavy atom. The van der Waals surface area contributed by atoms with E-state index < -0.39 is 23.6 Å². The summed E-state index contributed by atoms with van der Waals surface area (Å²) in [5.74, 6) is -1.57. The van der Waals surface area contributed by atoms with Gasteiger partial charge in [0.25, 0.3) is 0 Å². The summed E-state index contributed by atoms with van der Waals surface area (Å²) in [4.78, 5) is 27.5. The molecule has 2 aromatic rings. The number of Topliss-reactive ketones (excluding diaryl/α,β-unsaturated/α-hetero) is 1. The molecule has 2 aliphatic rings. The number of hydrogen-bond donors (Lipinski definition) is 1. The third kappa shape index (κ3) is 4.81. The van der Waals surface area contributed by atoms with Crippen LogP contribution >= 0.6 is 11.3 Å². The Morgan fingerprint density at radius 2 is 1.88 bits per heavy atom. The molecule has 0 unspecified atom stereocenters. The first-order valence-electron chi connectivity index (χ1n) is 10.8. The summed E-state index contributed by atoms with van der Waals surface area (Å²) in [5.41, 5.74) is 1.49. The molecule has 0 bridgehead atoms. The number of dihydropyridines is 1. The quantitative estimate of drug-likeness (QED) is 0.438. The fourth-order valence-electron chi connectivity index (χ4n) is 4.53. The van der Waals surface area contributed by atoms with Crippen LogP contribution in [-0.4, -0.2) is 32.1 Å². The van der Waals surface area contributed by atoms with Gasteiger partial charge in [-0.3, -0.25) is 4.79 Å². The van der Waals surface area contributed by atoms with E-state index in [1.807, 2.05) is 17.5 Å². The fourth-order valence-corrected chi connectivity index (χ4v) is 5.36. The Bertz CT molecular complexity index is 1130. The SMILES string of the molecule is COCCOC(=O)C1=C(C)NC2=C(C(=O)C[C@H](c3cccs3)C2)[C@@H]1c1ccc(C(F)(F)F)cc1. The lowest BCUT2D eigenvalue weighted by Gasteiger charge is -2.36. The van der Waals surface area contributed by atoms with Crippen molar-refractivity contribution >= 4 is 23.1 Å².